The molecule has 0 radical (unpaired) electrons. The summed E-state index contributed by atoms with van der Waals surface area (Å²) in [6.07, 6.45) is 3.06. The smallest absolute Gasteiger partial charge is 0.162 e. The topological polar surface area (TPSA) is 53.5 Å². The quantitative estimate of drug-likeness (QED) is 0.489. The molecule has 2 unspecified atom stereocenters. The molecule has 0 saturated heterocycles. The Bertz CT molecular complexity index is 1060. The fourth-order valence-electron chi connectivity index (χ4n) is 3.92. The van der Waals surface area contributed by atoms with Crippen LogP contribution in [0.15, 0.2) is 72.8 Å². The van der Waals surface area contributed by atoms with Crippen LogP contribution in [0.5, 0.6) is 11.5 Å². The standard InChI is InChI=1S/C27H30N2O2/c1-4-19-11-15-20(16-12-19)23-17-24(22-7-6-8-25(26(22)30)31-5-2)29-27(28-23)21-13-9-18(3)10-14-21/h6-17,24,27-30H,4-5H2,1-3H3. The molecule has 31 heavy (non-hydrogen) atoms. The van der Waals surface area contributed by atoms with E-state index in [1.54, 1.807) is 6.07 Å². The highest BCUT2D eigenvalue weighted by atomic mass is 16.5. The third-order valence-electron chi connectivity index (χ3n) is 5.73. The number of phenols is 1. The van der Waals surface area contributed by atoms with Gasteiger partial charge in [-0.05, 0) is 49.1 Å². The van der Waals surface area contributed by atoms with E-state index in [1.807, 2.05) is 19.1 Å². The van der Waals surface area contributed by atoms with Gasteiger partial charge >= 0.3 is 0 Å². The maximum absolute atomic E-state index is 10.9. The van der Waals surface area contributed by atoms with Crippen molar-refractivity contribution >= 4 is 5.70 Å². The van der Waals surface area contributed by atoms with Crippen molar-refractivity contribution in [3.63, 3.8) is 0 Å². The van der Waals surface area contributed by atoms with Gasteiger partial charge in [-0.2, -0.15) is 0 Å². The summed E-state index contributed by atoms with van der Waals surface area (Å²) in [6, 6.07) is 22.7. The van der Waals surface area contributed by atoms with Crippen molar-refractivity contribution < 1.29 is 9.84 Å². The maximum atomic E-state index is 10.9. The first-order valence-corrected chi connectivity index (χ1v) is 10.9. The van der Waals surface area contributed by atoms with E-state index in [1.165, 1.54) is 11.1 Å². The molecule has 0 aromatic heterocycles. The SMILES string of the molecule is CCOc1cccc(C2C=C(c3ccc(CC)cc3)NC(c3ccc(C)cc3)N2)c1O. The number of aromatic hydroxyl groups is 1. The molecule has 2 atom stereocenters. The van der Waals surface area contributed by atoms with Gasteiger partial charge in [0.25, 0.3) is 0 Å². The predicted octanol–water partition coefficient (Wildman–Crippen LogP) is 5.64. The van der Waals surface area contributed by atoms with Gasteiger partial charge in [0.05, 0.1) is 12.6 Å². The van der Waals surface area contributed by atoms with E-state index >= 15 is 0 Å². The number of rotatable bonds is 6. The van der Waals surface area contributed by atoms with Gasteiger partial charge in [-0.1, -0.05) is 73.2 Å². The van der Waals surface area contributed by atoms with Gasteiger partial charge in [0, 0.05) is 11.3 Å². The average molecular weight is 415 g/mol. The van der Waals surface area contributed by atoms with Crippen LogP contribution in [0.1, 0.15) is 53.9 Å². The van der Waals surface area contributed by atoms with Gasteiger partial charge in [0.1, 0.15) is 6.17 Å². The molecule has 1 aliphatic heterocycles. The van der Waals surface area contributed by atoms with E-state index in [9.17, 15) is 5.11 Å². The molecule has 4 heteroatoms. The molecule has 0 spiro atoms. The van der Waals surface area contributed by atoms with Gasteiger partial charge < -0.3 is 15.2 Å². The largest absolute Gasteiger partial charge is 0.504 e. The number of benzene rings is 3. The molecule has 4 nitrogen and oxygen atoms in total. The van der Waals surface area contributed by atoms with Crippen LogP contribution in [0.25, 0.3) is 5.70 Å². The molecule has 3 aromatic carbocycles. The molecule has 4 rings (SSSR count). The lowest BCUT2D eigenvalue weighted by Gasteiger charge is -2.33. The molecular weight excluding hydrogens is 384 g/mol. The van der Waals surface area contributed by atoms with Crippen LogP contribution in [0.3, 0.4) is 0 Å². The fourth-order valence-corrected chi connectivity index (χ4v) is 3.92. The van der Waals surface area contributed by atoms with Crippen LogP contribution < -0.4 is 15.4 Å². The van der Waals surface area contributed by atoms with Crippen LogP contribution in [-0.2, 0) is 6.42 Å². The second-order valence-electron chi connectivity index (χ2n) is 7.89. The number of hydrogen-bond donors (Lipinski definition) is 3. The normalized spacial score (nSPS) is 18.2. The first-order chi connectivity index (χ1) is 15.1. The monoisotopic (exact) mass is 414 g/mol. The van der Waals surface area contributed by atoms with E-state index in [0.29, 0.717) is 12.4 Å². The molecule has 0 aliphatic carbocycles. The molecule has 3 aromatic rings. The first kappa shape index (κ1) is 21.0. The average Bonchev–Trinajstić information content (AvgIpc) is 2.81. The minimum Gasteiger partial charge on any atom is -0.504 e. The summed E-state index contributed by atoms with van der Waals surface area (Å²) in [6.45, 7) is 6.68. The molecule has 160 valence electrons. The number of hydrogen-bond acceptors (Lipinski definition) is 4. The van der Waals surface area contributed by atoms with Gasteiger partial charge in [0.15, 0.2) is 11.5 Å². The summed E-state index contributed by atoms with van der Waals surface area (Å²) in [5.74, 6) is 0.692. The number of ether oxygens (including phenoxy) is 1. The highest BCUT2D eigenvalue weighted by molar-refractivity contribution is 5.67. The Morgan fingerprint density at radius 2 is 1.68 bits per heavy atom. The Morgan fingerprint density at radius 3 is 2.35 bits per heavy atom. The highest BCUT2D eigenvalue weighted by Crippen LogP contribution is 2.38. The van der Waals surface area contributed by atoms with Crippen molar-refractivity contribution in [3.05, 3.63) is 101 Å². The summed E-state index contributed by atoms with van der Waals surface area (Å²) < 4.78 is 5.62. The van der Waals surface area contributed by atoms with Crippen LogP contribution in [0, 0.1) is 6.92 Å². The molecule has 3 N–H and O–H groups in total. The lowest BCUT2D eigenvalue weighted by atomic mass is 9.97. The zero-order valence-electron chi connectivity index (χ0n) is 18.4. The lowest BCUT2D eigenvalue weighted by Crippen LogP contribution is -2.39. The Labute approximate surface area is 184 Å². The third kappa shape index (κ3) is 4.59. The highest BCUT2D eigenvalue weighted by Gasteiger charge is 2.26. The fraction of sp³-hybridized carbons (Fsp3) is 0.259. The van der Waals surface area contributed by atoms with Crippen LogP contribution in [0.4, 0.5) is 0 Å². The van der Waals surface area contributed by atoms with Crippen molar-refractivity contribution in [3.8, 4) is 11.5 Å². The van der Waals surface area contributed by atoms with Crippen LogP contribution in [0.2, 0.25) is 0 Å². The van der Waals surface area contributed by atoms with Crippen molar-refractivity contribution in [2.45, 2.75) is 39.4 Å². The summed E-state index contributed by atoms with van der Waals surface area (Å²) in [7, 11) is 0. The second-order valence-corrected chi connectivity index (χ2v) is 7.89. The third-order valence-corrected chi connectivity index (χ3v) is 5.73. The molecule has 0 bridgehead atoms. The van der Waals surface area contributed by atoms with Gasteiger partial charge in [-0.15, -0.1) is 0 Å². The first-order valence-electron chi connectivity index (χ1n) is 10.9. The van der Waals surface area contributed by atoms with E-state index in [-0.39, 0.29) is 18.0 Å². The molecular formula is C27H30N2O2. The van der Waals surface area contributed by atoms with E-state index in [4.69, 9.17) is 4.74 Å². The zero-order valence-corrected chi connectivity index (χ0v) is 18.4. The summed E-state index contributed by atoms with van der Waals surface area (Å²) in [5.41, 5.74) is 6.65. The Balaban J connectivity index is 1.75. The predicted molar refractivity (Wildman–Crippen MR) is 126 cm³/mol. The minimum atomic E-state index is -0.172. The second kappa shape index (κ2) is 9.27. The van der Waals surface area contributed by atoms with E-state index in [0.717, 1.165) is 28.8 Å². The lowest BCUT2D eigenvalue weighted by molar-refractivity contribution is 0.314. The molecule has 0 amide bonds. The maximum Gasteiger partial charge on any atom is 0.162 e. The number of aryl methyl sites for hydroxylation is 2. The van der Waals surface area contributed by atoms with Gasteiger partial charge in [-0.3, -0.25) is 5.32 Å². The van der Waals surface area contributed by atoms with Gasteiger partial charge in [0.2, 0.25) is 0 Å². The van der Waals surface area contributed by atoms with Crippen LogP contribution >= 0.6 is 0 Å². The number of para-hydroxylation sites is 1. The molecule has 0 saturated carbocycles. The van der Waals surface area contributed by atoms with Crippen molar-refractivity contribution in [2.24, 2.45) is 0 Å². The van der Waals surface area contributed by atoms with E-state index < -0.39 is 0 Å². The molecule has 0 fully saturated rings. The Morgan fingerprint density at radius 1 is 0.935 bits per heavy atom. The number of phenolic OH excluding ortho intramolecular Hbond substituents is 1. The summed E-state index contributed by atoms with van der Waals surface area (Å²) in [4.78, 5) is 0. The number of nitrogens with one attached hydrogen (secondary N) is 2. The van der Waals surface area contributed by atoms with Crippen molar-refractivity contribution in [1.29, 1.82) is 0 Å². The van der Waals surface area contributed by atoms with Crippen LogP contribution in [-0.4, -0.2) is 11.7 Å². The molecule has 1 aliphatic rings. The zero-order chi connectivity index (χ0) is 21.8. The molecule has 1 heterocycles. The summed E-state index contributed by atoms with van der Waals surface area (Å²) in [5, 5.41) is 18.1. The van der Waals surface area contributed by atoms with Crippen molar-refractivity contribution in [1.82, 2.24) is 10.6 Å². The Hall–Kier alpha value is -3.24. The van der Waals surface area contributed by atoms with E-state index in [2.05, 4.69) is 79.1 Å². The summed E-state index contributed by atoms with van der Waals surface area (Å²) >= 11 is 0. The minimum absolute atomic E-state index is 0.0911. The van der Waals surface area contributed by atoms with Crippen molar-refractivity contribution in [2.75, 3.05) is 6.61 Å². The van der Waals surface area contributed by atoms with Gasteiger partial charge in [-0.25, -0.2) is 0 Å². The Kier molecular flexibility index (Phi) is 6.28.